The van der Waals surface area contributed by atoms with E-state index < -0.39 is 25.2 Å². The van der Waals surface area contributed by atoms with Crippen LogP contribution in [0.3, 0.4) is 0 Å². The molecule has 0 saturated carbocycles. The van der Waals surface area contributed by atoms with Crippen LogP contribution in [0.2, 0.25) is 51.9 Å². The molecule has 20 heavy (non-hydrogen) atoms. The Labute approximate surface area is 131 Å². The highest BCUT2D eigenvalue weighted by molar-refractivity contribution is 6.87. The molecule has 0 amide bonds. The van der Waals surface area contributed by atoms with Gasteiger partial charge in [-0.15, -0.1) is 0 Å². The van der Waals surface area contributed by atoms with Crippen molar-refractivity contribution in [2.75, 3.05) is 26.9 Å². The zero-order chi connectivity index (χ0) is 15.9. The molecule has 0 bridgehead atoms. The summed E-state index contributed by atoms with van der Waals surface area (Å²) in [6.45, 7) is 17.7. The summed E-state index contributed by atoms with van der Waals surface area (Å²) >= 11 is 0. The van der Waals surface area contributed by atoms with Crippen molar-refractivity contribution in [2.24, 2.45) is 0 Å². The van der Waals surface area contributed by atoms with E-state index in [4.69, 9.17) is 17.7 Å². The third-order valence-electron chi connectivity index (χ3n) is 2.40. The monoisotopic (exact) mass is 342 g/mol. The minimum atomic E-state index is -2.08. The zero-order valence-electron chi connectivity index (χ0n) is 14.7. The first-order chi connectivity index (χ1) is 8.97. The highest BCUT2D eigenvalue weighted by atomic mass is 28.5. The first-order valence-corrected chi connectivity index (χ1v) is 16.8. The van der Waals surface area contributed by atoms with Gasteiger partial charge in [0.2, 0.25) is 0 Å². The molecule has 0 radical (unpaired) electrons. The lowest BCUT2D eigenvalue weighted by molar-refractivity contribution is 0.0704. The van der Waals surface area contributed by atoms with Gasteiger partial charge < -0.3 is 17.7 Å². The molecule has 4 nitrogen and oxygen atoms in total. The van der Waals surface area contributed by atoms with Crippen LogP contribution in [0.15, 0.2) is 0 Å². The summed E-state index contributed by atoms with van der Waals surface area (Å²) in [5.74, 6) is 0. The minimum absolute atomic E-state index is 0. The summed E-state index contributed by atoms with van der Waals surface area (Å²) < 4.78 is 23.4. The molecule has 7 heteroatoms. The summed E-state index contributed by atoms with van der Waals surface area (Å²) in [5, 5.41) is 0. The molecule has 0 unspecified atom stereocenters. The second kappa shape index (κ2) is 8.82. The molecule has 0 aliphatic carbocycles. The Balaban J connectivity index is -0.00000180. The quantitative estimate of drug-likeness (QED) is 0.414. The van der Waals surface area contributed by atoms with E-state index in [1.807, 2.05) is 0 Å². The summed E-state index contributed by atoms with van der Waals surface area (Å²) in [6, 6.07) is 1.01. The normalized spacial score (nSPS) is 13.8. The number of hydrogen-bond donors (Lipinski definition) is 0. The summed E-state index contributed by atoms with van der Waals surface area (Å²) in [4.78, 5) is 0. The molecule has 0 saturated heterocycles. The van der Waals surface area contributed by atoms with Crippen molar-refractivity contribution in [3.05, 3.63) is 0 Å². The fraction of sp³-hybridized carbons (Fsp3) is 1.00. The van der Waals surface area contributed by atoms with Crippen molar-refractivity contribution in [3.63, 3.8) is 0 Å². The van der Waals surface area contributed by atoms with E-state index in [1.165, 1.54) is 0 Å². The standard InChI is InChI=1S/C13H34O4Si3.2H2/c1-14-11-12-15-10-9-13-20(8,16-18(2,3)4)17-19(5,6)7;;/h9-13H2,1-8H3;2*1H. The molecule has 0 aliphatic heterocycles. The van der Waals surface area contributed by atoms with Gasteiger partial charge in [0.15, 0.2) is 16.6 Å². The average molecular weight is 343 g/mol. The number of rotatable bonds is 11. The van der Waals surface area contributed by atoms with E-state index in [2.05, 4.69) is 45.8 Å². The third-order valence-corrected chi connectivity index (χ3v) is 12.0. The van der Waals surface area contributed by atoms with Gasteiger partial charge in [0.25, 0.3) is 0 Å². The van der Waals surface area contributed by atoms with E-state index in [9.17, 15) is 0 Å². The average Bonchev–Trinajstić information content (AvgIpc) is 2.17. The molecule has 0 aliphatic rings. The van der Waals surface area contributed by atoms with Crippen LogP contribution in [0.1, 0.15) is 9.27 Å². The van der Waals surface area contributed by atoms with Crippen LogP contribution in [0.4, 0.5) is 0 Å². The van der Waals surface area contributed by atoms with Crippen molar-refractivity contribution < 1.29 is 20.6 Å². The van der Waals surface area contributed by atoms with E-state index >= 15 is 0 Å². The number of methoxy groups -OCH3 is 1. The molecule has 0 rings (SSSR count). The molecule has 126 valence electrons. The Kier molecular flexibility index (Phi) is 9.03. The van der Waals surface area contributed by atoms with Crippen LogP contribution >= 0.6 is 0 Å². The van der Waals surface area contributed by atoms with Gasteiger partial charge in [-0.25, -0.2) is 0 Å². The van der Waals surface area contributed by atoms with Crippen LogP contribution in [0.5, 0.6) is 0 Å². The van der Waals surface area contributed by atoms with Gasteiger partial charge in [-0.2, -0.15) is 0 Å². The van der Waals surface area contributed by atoms with E-state index in [1.54, 1.807) is 7.11 Å². The lowest BCUT2D eigenvalue weighted by Gasteiger charge is -2.38. The smallest absolute Gasteiger partial charge is 0.314 e. The lowest BCUT2D eigenvalue weighted by Crippen LogP contribution is -2.52. The summed E-state index contributed by atoms with van der Waals surface area (Å²) in [5.41, 5.74) is 0. The topological polar surface area (TPSA) is 36.9 Å². The van der Waals surface area contributed by atoms with E-state index in [0.29, 0.717) is 13.2 Å². The maximum absolute atomic E-state index is 6.44. The zero-order valence-corrected chi connectivity index (χ0v) is 17.7. The van der Waals surface area contributed by atoms with Crippen LogP contribution < -0.4 is 0 Å². The highest BCUT2D eigenvalue weighted by Gasteiger charge is 2.39. The molecule has 0 heterocycles. The molecular formula is C13H38O4Si3. The molecule has 0 aromatic carbocycles. The van der Waals surface area contributed by atoms with Gasteiger partial charge >= 0.3 is 8.56 Å². The van der Waals surface area contributed by atoms with Crippen molar-refractivity contribution in [1.82, 2.24) is 0 Å². The first kappa shape index (κ1) is 20.5. The second-order valence-corrected chi connectivity index (χ2v) is 20.1. The van der Waals surface area contributed by atoms with Crippen molar-refractivity contribution >= 4 is 25.2 Å². The predicted molar refractivity (Wildman–Crippen MR) is 96.8 cm³/mol. The molecular weight excluding hydrogens is 304 g/mol. The Hall–Kier alpha value is 0.491. The first-order valence-electron chi connectivity index (χ1n) is 7.44. The lowest BCUT2D eigenvalue weighted by atomic mass is 10.5. The molecule has 0 fully saturated rings. The van der Waals surface area contributed by atoms with E-state index in [-0.39, 0.29) is 2.85 Å². The Bertz CT molecular complexity index is 255. The predicted octanol–water partition coefficient (Wildman–Crippen LogP) is 4.31. The maximum Gasteiger partial charge on any atom is 0.314 e. The molecule has 0 aromatic rings. The van der Waals surface area contributed by atoms with Crippen LogP contribution in [-0.2, 0) is 17.7 Å². The van der Waals surface area contributed by atoms with E-state index in [0.717, 1.165) is 19.1 Å². The maximum atomic E-state index is 6.44. The summed E-state index contributed by atoms with van der Waals surface area (Å²) in [7, 11) is -3.54. The number of ether oxygens (including phenoxy) is 2. The minimum Gasteiger partial charge on any atom is -0.437 e. The highest BCUT2D eigenvalue weighted by Crippen LogP contribution is 2.25. The van der Waals surface area contributed by atoms with Crippen molar-refractivity contribution in [2.45, 2.75) is 58.3 Å². The van der Waals surface area contributed by atoms with Crippen LogP contribution in [-0.4, -0.2) is 52.1 Å². The Morgan fingerprint density at radius 3 is 1.65 bits per heavy atom. The molecule has 0 N–H and O–H groups in total. The Morgan fingerprint density at radius 2 is 1.25 bits per heavy atom. The van der Waals surface area contributed by atoms with Gasteiger partial charge in [-0.05, 0) is 58.3 Å². The van der Waals surface area contributed by atoms with Crippen LogP contribution in [0.25, 0.3) is 0 Å². The second-order valence-electron chi connectivity index (χ2n) is 7.27. The molecule has 0 spiro atoms. The SMILES string of the molecule is COCCOCCC[Si](C)(O[Si](C)(C)C)O[Si](C)(C)C.[HH].[HH]. The van der Waals surface area contributed by atoms with Gasteiger partial charge in [0.1, 0.15) is 0 Å². The fourth-order valence-electron chi connectivity index (χ4n) is 2.16. The van der Waals surface area contributed by atoms with Crippen molar-refractivity contribution in [3.8, 4) is 0 Å². The summed E-state index contributed by atoms with van der Waals surface area (Å²) in [6.07, 6.45) is 1.00. The van der Waals surface area contributed by atoms with Crippen molar-refractivity contribution in [1.29, 1.82) is 0 Å². The largest absolute Gasteiger partial charge is 0.437 e. The van der Waals surface area contributed by atoms with Gasteiger partial charge in [-0.1, -0.05) is 0 Å². The van der Waals surface area contributed by atoms with Gasteiger partial charge in [0, 0.05) is 16.6 Å². The van der Waals surface area contributed by atoms with Gasteiger partial charge in [0.05, 0.1) is 13.2 Å². The molecule has 0 atom stereocenters. The van der Waals surface area contributed by atoms with Gasteiger partial charge in [-0.3, -0.25) is 0 Å². The third kappa shape index (κ3) is 12.2. The fourth-order valence-corrected chi connectivity index (χ4v) is 14.7. The number of hydrogen-bond acceptors (Lipinski definition) is 4. The van der Waals surface area contributed by atoms with Crippen LogP contribution in [0, 0.1) is 0 Å². The molecule has 0 aromatic heterocycles. The Morgan fingerprint density at radius 1 is 0.750 bits per heavy atom.